The summed E-state index contributed by atoms with van der Waals surface area (Å²) in [6.45, 7) is 2.03. The molecule has 104 valence electrons. The molecule has 0 spiro atoms. The number of nitrogens with two attached hydrogens (primary N) is 1. The highest BCUT2D eigenvalue weighted by atomic mass is 79.9. The lowest BCUT2D eigenvalue weighted by molar-refractivity contribution is -0.385. The third-order valence-electron chi connectivity index (χ3n) is 2.84. The van der Waals surface area contributed by atoms with E-state index in [0.29, 0.717) is 23.6 Å². The van der Waals surface area contributed by atoms with Gasteiger partial charge in [-0.15, -0.1) is 0 Å². The van der Waals surface area contributed by atoms with Crippen LogP contribution in [0.15, 0.2) is 40.9 Å². The fourth-order valence-corrected chi connectivity index (χ4v) is 2.16. The van der Waals surface area contributed by atoms with Crippen molar-refractivity contribution in [2.75, 3.05) is 0 Å². The third-order valence-corrected chi connectivity index (χ3v) is 3.34. The summed E-state index contributed by atoms with van der Waals surface area (Å²) in [4.78, 5) is 10.4. The number of ether oxygens (including phenoxy) is 1. The highest BCUT2D eigenvalue weighted by molar-refractivity contribution is 9.10. The van der Waals surface area contributed by atoms with Gasteiger partial charge in [-0.2, -0.15) is 0 Å². The Morgan fingerprint density at radius 2 is 2.05 bits per heavy atom. The number of hydrogen-bond donors (Lipinski definition) is 1. The molecule has 2 rings (SSSR count). The van der Waals surface area contributed by atoms with E-state index in [4.69, 9.17) is 10.5 Å². The molecule has 0 fully saturated rings. The second-order valence-corrected chi connectivity index (χ2v) is 5.18. The molecule has 0 heterocycles. The predicted molar refractivity (Wildman–Crippen MR) is 79.9 cm³/mol. The zero-order valence-corrected chi connectivity index (χ0v) is 12.4. The summed E-state index contributed by atoms with van der Waals surface area (Å²) in [5.41, 5.74) is 7.16. The maximum atomic E-state index is 10.8. The van der Waals surface area contributed by atoms with E-state index in [1.54, 1.807) is 19.1 Å². The Bertz CT molecular complexity index is 659. The molecule has 0 bridgehead atoms. The van der Waals surface area contributed by atoms with Crippen molar-refractivity contribution in [2.24, 2.45) is 5.73 Å². The largest absolute Gasteiger partial charge is 0.457 e. The van der Waals surface area contributed by atoms with Crippen molar-refractivity contribution in [3.63, 3.8) is 0 Å². The minimum absolute atomic E-state index is 0.0747. The first-order valence-electron chi connectivity index (χ1n) is 5.92. The van der Waals surface area contributed by atoms with Crippen LogP contribution in [-0.2, 0) is 6.54 Å². The Kier molecular flexibility index (Phi) is 4.36. The Morgan fingerprint density at radius 1 is 1.30 bits per heavy atom. The molecule has 0 radical (unpaired) electrons. The lowest BCUT2D eigenvalue weighted by atomic mass is 10.2. The molecule has 6 heteroatoms. The SMILES string of the molecule is Cc1cc(Oc2cc(Br)ccc2CN)ccc1[N+](=O)[O-]. The molecule has 0 atom stereocenters. The molecule has 0 saturated carbocycles. The van der Waals surface area contributed by atoms with Crippen LogP contribution in [0.3, 0.4) is 0 Å². The Balaban J connectivity index is 2.33. The summed E-state index contributed by atoms with van der Waals surface area (Å²) in [7, 11) is 0. The number of nitro benzene ring substituents is 1. The normalized spacial score (nSPS) is 10.3. The monoisotopic (exact) mass is 336 g/mol. The average Bonchev–Trinajstić information content (AvgIpc) is 2.38. The molecule has 20 heavy (non-hydrogen) atoms. The van der Waals surface area contributed by atoms with Crippen LogP contribution < -0.4 is 10.5 Å². The van der Waals surface area contributed by atoms with Crippen LogP contribution in [0.2, 0.25) is 0 Å². The molecule has 5 nitrogen and oxygen atoms in total. The van der Waals surface area contributed by atoms with E-state index >= 15 is 0 Å². The first-order chi connectivity index (χ1) is 9.51. The van der Waals surface area contributed by atoms with Crippen LogP contribution in [-0.4, -0.2) is 4.92 Å². The van der Waals surface area contributed by atoms with Gasteiger partial charge in [0.2, 0.25) is 0 Å². The second kappa shape index (κ2) is 6.02. The molecule has 0 unspecified atom stereocenters. The maximum Gasteiger partial charge on any atom is 0.272 e. The molecule has 0 saturated heterocycles. The van der Waals surface area contributed by atoms with Crippen LogP contribution in [0.5, 0.6) is 11.5 Å². The molecule has 0 aliphatic rings. The summed E-state index contributed by atoms with van der Waals surface area (Å²) >= 11 is 3.37. The minimum atomic E-state index is -0.413. The summed E-state index contributed by atoms with van der Waals surface area (Å²) in [5.74, 6) is 1.18. The molecule has 2 aromatic rings. The van der Waals surface area contributed by atoms with E-state index in [1.807, 2.05) is 18.2 Å². The molecular formula is C14H13BrN2O3. The van der Waals surface area contributed by atoms with Gasteiger partial charge in [0.25, 0.3) is 5.69 Å². The van der Waals surface area contributed by atoms with E-state index in [1.165, 1.54) is 6.07 Å². The number of hydrogen-bond acceptors (Lipinski definition) is 4. The number of halogens is 1. The topological polar surface area (TPSA) is 78.4 Å². The molecule has 0 amide bonds. The summed E-state index contributed by atoms with van der Waals surface area (Å²) in [6.07, 6.45) is 0. The summed E-state index contributed by atoms with van der Waals surface area (Å²) < 4.78 is 6.64. The first-order valence-corrected chi connectivity index (χ1v) is 6.72. The maximum absolute atomic E-state index is 10.8. The van der Waals surface area contributed by atoms with Gasteiger partial charge in [0.1, 0.15) is 11.5 Å². The smallest absolute Gasteiger partial charge is 0.272 e. The number of nitro groups is 1. The summed E-state index contributed by atoms with van der Waals surface area (Å²) in [5, 5.41) is 10.8. The van der Waals surface area contributed by atoms with Crippen molar-refractivity contribution in [3.05, 3.63) is 62.1 Å². The van der Waals surface area contributed by atoms with Gasteiger partial charge in [-0.05, 0) is 31.2 Å². The van der Waals surface area contributed by atoms with E-state index in [0.717, 1.165) is 10.0 Å². The van der Waals surface area contributed by atoms with Crippen LogP contribution >= 0.6 is 15.9 Å². The molecule has 0 aliphatic heterocycles. The van der Waals surface area contributed by atoms with Crippen molar-refractivity contribution in [2.45, 2.75) is 13.5 Å². The Hall–Kier alpha value is -1.92. The van der Waals surface area contributed by atoms with E-state index < -0.39 is 4.92 Å². The van der Waals surface area contributed by atoms with Crippen molar-refractivity contribution in [1.82, 2.24) is 0 Å². The van der Waals surface area contributed by atoms with Crippen molar-refractivity contribution in [1.29, 1.82) is 0 Å². The van der Waals surface area contributed by atoms with Gasteiger partial charge in [0, 0.05) is 28.2 Å². The highest BCUT2D eigenvalue weighted by Crippen LogP contribution is 2.31. The van der Waals surface area contributed by atoms with E-state index in [9.17, 15) is 10.1 Å². The fourth-order valence-electron chi connectivity index (χ4n) is 1.82. The number of nitrogens with zero attached hydrogens (tertiary/aromatic N) is 1. The zero-order chi connectivity index (χ0) is 14.7. The van der Waals surface area contributed by atoms with Gasteiger partial charge in [-0.3, -0.25) is 10.1 Å². The fraction of sp³-hybridized carbons (Fsp3) is 0.143. The molecule has 2 N–H and O–H groups in total. The second-order valence-electron chi connectivity index (χ2n) is 4.26. The van der Waals surface area contributed by atoms with Gasteiger partial charge >= 0.3 is 0 Å². The first kappa shape index (κ1) is 14.5. The Morgan fingerprint density at radius 3 is 2.65 bits per heavy atom. The average molecular weight is 337 g/mol. The van der Waals surface area contributed by atoms with Gasteiger partial charge < -0.3 is 10.5 Å². The van der Waals surface area contributed by atoms with Crippen molar-refractivity contribution >= 4 is 21.6 Å². The molecule has 2 aromatic carbocycles. The molecule has 0 aromatic heterocycles. The van der Waals surface area contributed by atoms with Gasteiger partial charge in [-0.1, -0.05) is 22.0 Å². The van der Waals surface area contributed by atoms with Crippen LogP contribution in [0.25, 0.3) is 0 Å². The Labute approximate surface area is 124 Å². The van der Waals surface area contributed by atoms with E-state index in [-0.39, 0.29) is 5.69 Å². The lowest BCUT2D eigenvalue weighted by Crippen LogP contribution is -1.99. The highest BCUT2D eigenvalue weighted by Gasteiger charge is 2.12. The molecular weight excluding hydrogens is 324 g/mol. The molecule has 0 aliphatic carbocycles. The predicted octanol–water partition coefficient (Wildman–Crippen LogP) is 3.92. The number of rotatable bonds is 4. The van der Waals surface area contributed by atoms with Gasteiger partial charge in [0.05, 0.1) is 4.92 Å². The number of aryl methyl sites for hydroxylation is 1. The third kappa shape index (κ3) is 3.15. The zero-order valence-electron chi connectivity index (χ0n) is 10.8. The standard InChI is InChI=1S/C14H13BrN2O3/c1-9-6-12(4-5-13(9)17(18)19)20-14-7-11(15)3-2-10(14)8-16/h2-7H,8,16H2,1H3. The number of benzene rings is 2. The van der Waals surface area contributed by atoms with Gasteiger partial charge in [0.15, 0.2) is 0 Å². The van der Waals surface area contributed by atoms with Crippen LogP contribution in [0.4, 0.5) is 5.69 Å². The van der Waals surface area contributed by atoms with Gasteiger partial charge in [-0.25, -0.2) is 0 Å². The minimum Gasteiger partial charge on any atom is -0.457 e. The van der Waals surface area contributed by atoms with Crippen molar-refractivity contribution in [3.8, 4) is 11.5 Å². The lowest BCUT2D eigenvalue weighted by Gasteiger charge is -2.11. The van der Waals surface area contributed by atoms with Crippen molar-refractivity contribution < 1.29 is 9.66 Å². The van der Waals surface area contributed by atoms with E-state index in [2.05, 4.69) is 15.9 Å². The summed E-state index contributed by atoms with van der Waals surface area (Å²) in [6, 6.07) is 10.2. The quantitative estimate of drug-likeness (QED) is 0.677. The van der Waals surface area contributed by atoms with Crippen LogP contribution in [0, 0.1) is 17.0 Å². The van der Waals surface area contributed by atoms with Crippen LogP contribution in [0.1, 0.15) is 11.1 Å².